The van der Waals surface area contributed by atoms with Gasteiger partial charge in [0.2, 0.25) is 5.43 Å². The zero-order chi connectivity index (χ0) is 14.5. The molecule has 0 bridgehead atoms. The van der Waals surface area contributed by atoms with Gasteiger partial charge in [-0.05, 0) is 24.6 Å². The number of aryl methyl sites for hydroxylation is 1. The van der Waals surface area contributed by atoms with Crippen molar-refractivity contribution >= 4 is 11.6 Å². The number of nitrogens with zero attached hydrogens (tertiary/aromatic N) is 1. The topological polar surface area (TPSA) is 31.2 Å². The number of hydrogen-bond acceptors (Lipinski definition) is 2. The molecule has 0 N–H and O–H groups in total. The molecule has 0 unspecified atom stereocenters. The van der Waals surface area contributed by atoms with Gasteiger partial charge in [-0.3, -0.25) is 4.79 Å². The molecular weight excluding hydrogens is 281 g/mol. The summed E-state index contributed by atoms with van der Waals surface area (Å²) in [6.07, 6.45) is 1.66. The summed E-state index contributed by atoms with van der Waals surface area (Å²) in [5, 5.41) is 0. The van der Waals surface area contributed by atoms with E-state index in [0.29, 0.717) is 6.54 Å². The lowest BCUT2D eigenvalue weighted by molar-refractivity contribution is 0.299. The minimum Gasteiger partial charge on any atom is -0.483 e. The molecule has 0 atom stereocenters. The van der Waals surface area contributed by atoms with Crippen LogP contribution in [0.5, 0.6) is 5.75 Å². The molecule has 0 spiro atoms. The van der Waals surface area contributed by atoms with Crippen molar-refractivity contribution in [3.05, 3.63) is 63.8 Å². The lowest BCUT2D eigenvalue weighted by Crippen LogP contribution is -2.14. The van der Waals surface area contributed by atoms with Crippen molar-refractivity contribution in [1.82, 2.24) is 4.57 Å². The van der Waals surface area contributed by atoms with Gasteiger partial charge >= 0.3 is 0 Å². The highest BCUT2D eigenvalue weighted by atomic mass is 35.5. The molecule has 2 aromatic rings. The lowest BCUT2D eigenvalue weighted by Gasteiger charge is -2.12. The van der Waals surface area contributed by atoms with Crippen molar-refractivity contribution in [3.63, 3.8) is 0 Å². The van der Waals surface area contributed by atoms with Crippen LogP contribution in [0.25, 0.3) is 0 Å². The Morgan fingerprint density at radius 3 is 2.60 bits per heavy atom. The molecule has 0 saturated heterocycles. The van der Waals surface area contributed by atoms with E-state index in [1.54, 1.807) is 18.3 Å². The molecule has 1 aromatic carbocycles. The number of pyridine rings is 1. The zero-order valence-electron chi connectivity index (χ0n) is 11.1. The Morgan fingerprint density at radius 2 is 2.00 bits per heavy atom. The Balaban J connectivity index is 2.17. The third-order valence-corrected chi connectivity index (χ3v) is 3.24. The monoisotopic (exact) mass is 295 g/mol. The number of ether oxygens (including phenoxy) is 1. The van der Waals surface area contributed by atoms with E-state index in [-0.39, 0.29) is 29.5 Å². The summed E-state index contributed by atoms with van der Waals surface area (Å²) in [5.74, 6) is 0.250. The first kappa shape index (κ1) is 14.6. The normalized spacial score (nSPS) is 10.6. The summed E-state index contributed by atoms with van der Waals surface area (Å²) >= 11 is 5.79. The van der Waals surface area contributed by atoms with Gasteiger partial charge in [0.15, 0.2) is 5.75 Å². The summed E-state index contributed by atoms with van der Waals surface area (Å²) in [7, 11) is 0. The molecule has 0 aliphatic carbocycles. The van der Waals surface area contributed by atoms with Crippen molar-refractivity contribution in [1.29, 1.82) is 0 Å². The average Bonchev–Trinajstić information content (AvgIpc) is 2.47. The second-order valence-electron chi connectivity index (χ2n) is 4.33. The molecule has 0 radical (unpaired) electrons. The molecule has 106 valence electrons. The van der Waals surface area contributed by atoms with Crippen LogP contribution in [-0.4, -0.2) is 4.57 Å². The van der Waals surface area contributed by atoms with Crippen LogP contribution in [0.2, 0.25) is 0 Å². The van der Waals surface area contributed by atoms with E-state index in [1.165, 1.54) is 18.2 Å². The maximum atomic E-state index is 12.8. The standard InChI is InChI=1S/C15H15ClFNO2/c1-2-18-9-15(14(19)7-13(18)8-16)20-10-11-3-5-12(17)6-4-11/h3-7,9H,2,8,10H2,1H3. The maximum Gasteiger partial charge on any atom is 0.223 e. The quantitative estimate of drug-likeness (QED) is 0.792. The van der Waals surface area contributed by atoms with Crippen LogP contribution in [0.3, 0.4) is 0 Å². The highest BCUT2D eigenvalue weighted by molar-refractivity contribution is 6.16. The van der Waals surface area contributed by atoms with Crippen LogP contribution in [0.1, 0.15) is 18.2 Å². The Bertz CT molecular complexity index is 637. The molecule has 1 heterocycles. The van der Waals surface area contributed by atoms with E-state index in [9.17, 15) is 9.18 Å². The fourth-order valence-electron chi connectivity index (χ4n) is 1.85. The van der Waals surface area contributed by atoms with Crippen molar-refractivity contribution < 1.29 is 9.13 Å². The number of alkyl halides is 1. The van der Waals surface area contributed by atoms with Crippen LogP contribution in [0, 0.1) is 5.82 Å². The Morgan fingerprint density at radius 1 is 1.30 bits per heavy atom. The van der Waals surface area contributed by atoms with E-state index in [1.807, 2.05) is 11.5 Å². The predicted molar refractivity (Wildman–Crippen MR) is 76.7 cm³/mol. The van der Waals surface area contributed by atoms with Gasteiger partial charge in [-0.1, -0.05) is 12.1 Å². The number of benzene rings is 1. The van der Waals surface area contributed by atoms with Crippen LogP contribution < -0.4 is 10.2 Å². The Labute approximate surface area is 121 Å². The van der Waals surface area contributed by atoms with Crippen molar-refractivity contribution in [3.8, 4) is 5.75 Å². The highest BCUT2D eigenvalue weighted by Gasteiger charge is 2.06. The molecule has 5 heteroatoms. The van der Waals surface area contributed by atoms with E-state index >= 15 is 0 Å². The lowest BCUT2D eigenvalue weighted by atomic mass is 10.2. The minimum atomic E-state index is -0.298. The van der Waals surface area contributed by atoms with Gasteiger partial charge < -0.3 is 9.30 Å². The molecule has 0 aliphatic heterocycles. The Hall–Kier alpha value is -1.81. The van der Waals surface area contributed by atoms with Crippen LogP contribution in [-0.2, 0) is 19.0 Å². The van der Waals surface area contributed by atoms with Gasteiger partial charge in [0.1, 0.15) is 12.4 Å². The first-order valence-electron chi connectivity index (χ1n) is 6.30. The van der Waals surface area contributed by atoms with Gasteiger partial charge in [-0.25, -0.2) is 4.39 Å². The smallest absolute Gasteiger partial charge is 0.223 e. The number of rotatable bonds is 5. The molecule has 3 nitrogen and oxygen atoms in total. The Kier molecular flexibility index (Phi) is 4.79. The van der Waals surface area contributed by atoms with Gasteiger partial charge in [0.25, 0.3) is 0 Å². The summed E-state index contributed by atoms with van der Waals surface area (Å²) in [6.45, 7) is 2.89. The number of aromatic nitrogens is 1. The second-order valence-corrected chi connectivity index (χ2v) is 4.60. The van der Waals surface area contributed by atoms with E-state index in [4.69, 9.17) is 16.3 Å². The molecule has 0 saturated carbocycles. The van der Waals surface area contributed by atoms with Crippen LogP contribution in [0.15, 0.2) is 41.3 Å². The molecule has 0 fully saturated rings. The van der Waals surface area contributed by atoms with Crippen LogP contribution in [0.4, 0.5) is 4.39 Å². The summed E-state index contributed by atoms with van der Waals surface area (Å²) in [4.78, 5) is 11.9. The summed E-state index contributed by atoms with van der Waals surface area (Å²) in [6, 6.07) is 7.46. The molecule has 0 amide bonds. The second kappa shape index (κ2) is 6.57. The molecule has 0 aliphatic rings. The zero-order valence-corrected chi connectivity index (χ0v) is 11.9. The number of hydrogen-bond donors (Lipinski definition) is 0. The van der Waals surface area contributed by atoms with Crippen molar-refractivity contribution in [2.45, 2.75) is 26.0 Å². The van der Waals surface area contributed by atoms with Gasteiger partial charge in [0, 0.05) is 18.3 Å². The first-order chi connectivity index (χ1) is 9.63. The van der Waals surface area contributed by atoms with Gasteiger partial charge in [-0.2, -0.15) is 0 Å². The van der Waals surface area contributed by atoms with E-state index < -0.39 is 0 Å². The fourth-order valence-corrected chi connectivity index (χ4v) is 2.08. The third-order valence-electron chi connectivity index (χ3n) is 2.97. The van der Waals surface area contributed by atoms with E-state index in [0.717, 1.165) is 11.3 Å². The van der Waals surface area contributed by atoms with Crippen molar-refractivity contribution in [2.24, 2.45) is 0 Å². The highest BCUT2D eigenvalue weighted by Crippen LogP contribution is 2.11. The predicted octanol–water partition coefficient (Wildman–Crippen LogP) is 3.33. The largest absolute Gasteiger partial charge is 0.483 e. The van der Waals surface area contributed by atoms with Crippen molar-refractivity contribution in [2.75, 3.05) is 0 Å². The number of halogens is 2. The molecule has 20 heavy (non-hydrogen) atoms. The van der Waals surface area contributed by atoms with E-state index in [2.05, 4.69) is 0 Å². The molecule has 2 rings (SSSR count). The third kappa shape index (κ3) is 3.39. The SMILES string of the molecule is CCn1cc(OCc2ccc(F)cc2)c(=O)cc1CCl. The first-order valence-corrected chi connectivity index (χ1v) is 6.84. The molecular formula is C15H15ClFNO2. The van der Waals surface area contributed by atoms with Crippen LogP contribution >= 0.6 is 11.6 Å². The average molecular weight is 296 g/mol. The van der Waals surface area contributed by atoms with Gasteiger partial charge in [0.05, 0.1) is 12.1 Å². The fraction of sp³-hybridized carbons (Fsp3) is 0.267. The summed E-state index contributed by atoms with van der Waals surface area (Å²) < 4.78 is 20.2. The maximum absolute atomic E-state index is 12.8. The molecule has 1 aromatic heterocycles. The van der Waals surface area contributed by atoms with Gasteiger partial charge in [-0.15, -0.1) is 11.6 Å². The minimum absolute atomic E-state index is 0.201. The summed E-state index contributed by atoms with van der Waals surface area (Å²) in [5.41, 5.74) is 1.36.